The highest BCUT2D eigenvalue weighted by atomic mass is 16.6. The predicted octanol–water partition coefficient (Wildman–Crippen LogP) is 1.10. The number of imide groups is 1. The van der Waals surface area contributed by atoms with E-state index in [-0.39, 0.29) is 11.6 Å². The molecule has 0 aromatic heterocycles. The number of nitrogens with one attached hydrogen (secondary N) is 1. The lowest BCUT2D eigenvalue weighted by Crippen LogP contribution is -2.41. The maximum Gasteiger partial charge on any atom is 0.325 e. The van der Waals surface area contributed by atoms with Crippen molar-refractivity contribution in [3.8, 4) is 0 Å². The van der Waals surface area contributed by atoms with Crippen LogP contribution in [0, 0.1) is 10.1 Å². The second kappa shape index (κ2) is 6.10. The summed E-state index contributed by atoms with van der Waals surface area (Å²) < 4.78 is 0. The molecule has 2 rings (SSSR count). The van der Waals surface area contributed by atoms with Gasteiger partial charge in [-0.1, -0.05) is 0 Å². The molecule has 1 aliphatic rings. The minimum atomic E-state index is -1.20. The largest absolute Gasteiger partial charge is 0.330 e. The van der Waals surface area contributed by atoms with Crippen molar-refractivity contribution in [3.63, 3.8) is 0 Å². The highest BCUT2D eigenvalue weighted by molar-refractivity contribution is 6.07. The van der Waals surface area contributed by atoms with Gasteiger partial charge in [-0.2, -0.15) is 0 Å². The first-order valence-electron chi connectivity index (χ1n) is 6.99. The number of rotatable bonds is 6. The van der Waals surface area contributed by atoms with Crippen molar-refractivity contribution in [2.45, 2.75) is 25.3 Å². The van der Waals surface area contributed by atoms with Gasteiger partial charge < -0.3 is 11.1 Å². The fraction of sp³-hybridized carbons (Fsp3) is 0.429. The summed E-state index contributed by atoms with van der Waals surface area (Å²) in [6, 6.07) is 5.15. The van der Waals surface area contributed by atoms with Crippen LogP contribution in [-0.2, 0) is 10.3 Å². The van der Waals surface area contributed by atoms with E-state index in [0.717, 1.165) is 11.3 Å². The van der Waals surface area contributed by atoms with Gasteiger partial charge in [-0.15, -0.1) is 0 Å². The average Bonchev–Trinajstić information content (AvgIpc) is 2.71. The van der Waals surface area contributed by atoms with Gasteiger partial charge in [-0.25, -0.2) is 4.79 Å². The lowest BCUT2D eigenvalue weighted by molar-refractivity contribution is -0.384. The lowest BCUT2D eigenvalue weighted by Gasteiger charge is -2.22. The smallest absolute Gasteiger partial charge is 0.325 e. The number of non-ortho nitro benzene ring substituents is 1. The highest BCUT2D eigenvalue weighted by Crippen LogP contribution is 2.30. The van der Waals surface area contributed by atoms with Gasteiger partial charge in [0, 0.05) is 18.7 Å². The monoisotopic (exact) mass is 306 g/mol. The molecule has 1 aromatic rings. The first kappa shape index (κ1) is 15.9. The highest BCUT2D eigenvalue weighted by Gasteiger charge is 2.48. The van der Waals surface area contributed by atoms with Crippen LogP contribution in [0.15, 0.2) is 24.3 Å². The topological polar surface area (TPSA) is 119 Å². The van der Waals surface area contributed by atoms with Crippen molar-refractivity contribution in [2.75, 3.05) is 13.1 Å². The number of nitrogens with zero attached hydrogens (tertiary/aromatic N) is 2. The first-order valence-corrected chi connectivity index (χ1v) is 6.99. The molecule has 3 N–H and O–H groups in total. The number of carbonyl (C=O) groups is 2. The summed E-state index contributed by atoms with van der Waals surface area (Å²) in [7, 11) is 0. The molecule has 8 nitrogen and oxygen atoms in total. The van der Waals surface area contributed by atoms with E-state index in [1.807, 2.05) is 0 Å². The molecule has 0 bridgehead atoms. The molecular weight excluding hydrogens is 288 g/mol. The molecule has 0 aliphatic carbocycles. The number of hydrogen-bond acceptors (Lipinski definition) is 5. The molecule has 1 heterocycles. The van der Waals surface area contributed by atoms with Crippen molar-refractivity contribution in [3.05, 3.63) is 39.9 Å². The second-order valence-electron chi connectivity index (χ2n) is 5.31. The van der Waals surface area contributed by atoms with Gasteiger partial charge in [0.1, 0.15) is 5.54 Å². The normalized spacial score (nSPS) is 21.1. The third-order valence-corrected chi connectivity index (χ3v) is 3.77. The Hall–Kier alpha value is -2.48. The number of nitro groups is 1. The Morgan fingerprint density at radius 3 is 2.45 bits per heavy atom. The fourth-order valence-electron chi connectivity index (χ4n) is 2.43. The Morgan fingerprint density at radius 1 is 1.27 bits per heavy atom. The minimum absolute atomic E-state index is 0.0658. The van der Waals surface area contributed by atoms with Crippen LogP contribution in [0.2, 0.25) is 0 Å². The molecule has 1 atom stereocenters. The van der Waals surface area contributed by atoms with Crippen LogP contribution in [0.1, 0.15) is 25.3 Å². The SMILES string of the molecule is CC1(c2ccc([N+](=O)[O-])cc2)NC(=O)N(CCCCN)C1=O. The van der Waals surface area contributed by atoms with E-state index >= 15 is 0 Å². The summed E-state index contributed by atoms with van der Waals surface area (Å²) in [5.41, 5.74) is 4.65. The van der Waals surface area contributed by atoms with Crippen LogP contribution < -0.4 is 11.1 Å². The number of urea groups is 1. The van der Waals surface area contributed by atoms with Crippen molar-refractivity contribution in [1.29, 1.82) is 0 Å². The maximum atomic E-state index is 12.5. The van der Waals surface area contributed by atoms with E-state index < -0.39 is 16.5 Å². The van der Waals surface area contributed by atoms with Gasteiger partial charge in [0.05, 0.1) is 4.92 Å². The molecule has 1 aromatic carbocycles. The molecule has 3 amide bonds. The number of nitrogens with two attached hydrogens (primary N) is 1. The summed E-state index contributed by atoms with van der Waals surface area (Å²) in [4.78, 5) is 35.9. The Bertz CT molecular complexity index is 601. The zero-order chi connectivity index (χ0) is 16.3. The third kappa shape index (κ3) is 2.77. The second-order valence-corrected chi connectivity index (χ2v) is 5.31. The Balaban J connectivity index is 2.21. The summed E-state index contributed by atoms with van der Waals surface area (Å²) in [5, 5.41) is 13.3. The Kier molecular flexibility index (Phi) is 4.41. The number of amides is 3. The van der Waals surface area contributed by atoms with Crippen LogP contribution in [0.3, 0.4) is 0 Å². The van der Waals surface area contributed by atoms with Gasteiger partial charge in [0.15, 0.2) is 0 Å². The molecule has 0 saturated carbocycles. The van der Waals surface area contributed by atoms with Crippen LogP contribution in [0.4, 0.5) is 10.5 Å². The zero-order valence-corrected chi connectivity index (χ0v) is 12.2. The summed E-state index contributed by atoms with van der Waals surface area (Å²) in [6.45, 7) is 2.41. The van der Waals surface area contributed by atoms with Gasteiger partial charge >= 0.3 is 6.03 Å². The molecule has 1 saturated heterocycles. The minimum Gasteiger partial charge on any atom is -0.330 e. The van der Waals surface area contributed by atoms with Crippen molar-refractivity contribution in [2.24, 2.45) is 5.73 Å². The van der Waals surface area contributed by atoms with Crippen LogP contribution in [0.25, 0.3) is 0 Å². The van der Waals surface area contributed by atoms with E-state index in [9.17, 15) is 19.7 Å². The molecular formula is C14H18N4O4. The van der Waals surface area contributed by atoms with Gasteiger partial charge in [0.2, 0.25) is 0 Å². The predicted molar refractivity (Wildman–Crippen MR) is 79.0 cm³/mol. The summed E-state index contributed by atoms with van der Waals surface area (Å²) in [5.74, 6) is -0.358. The summed E-state index contributed by atoms with van der Waals surface area (Å²) in [6.07, 6.45) is 1.37. The van der Waals surface area contributed by atoms with Crippen LogP contribution in [-0.4, -0.2) is 34.9 Å². The fourth-order valence-corrected chi connectivity index (χ4v) is 2.43. The number of benzene rings is 1. The Morgan fingerprint density at radius 2 is 1.91 bits per heavy atom. The quantitative estimate of drug-likeness (QED) is 0.353. The molecule has 1 fully saturated rings. The van der Waals surface area contributed by atoms with E-state index in [2.05, 4.69) is 5.32 Å². The molecule has 1 unspecified atom stereocenters. The van der Waals surface area contributed by atoms with Crippen molar-refractivity contribution in [1.82, 2.24) is 10.2 Å². The molecule has 0 spiro atoms. The van der Waals surface area contributed by atoms with E-state index in [1.54, 1.807) is 6.92 Å². The average molecular weight is 306 g/mol. The molecule has 8 heteroatoms. The van der Waals surface area contributed by atoms with Crippen molar-refractivity contribution >= 4 is 17.6 Å². The lowest BCUT2D eigenvalue weighted by atomic mass is 9.92. The molecule has 0 radical (unpaired) electrons. The number of nitro benzene ring substituents is 1. The van der Waals surface area contributed by atoms with Crippen molar-refractivity contribution < 1.29 is 14.5 Å². The summed E-state index contributed by atoms with van der Waals surface area (Å²) >= 11 is 0. The first-order chi connectivity index (χ1) is 10.4. The number of carbonyl (C=O) groups excluding carboxylic acids is 2. The van der Waals surface area contributed by atoms with Gasteiger partial charge in [-0.3, -0.25) is 19.8 Å². The standard InChI is InChI=1S/C14H18N4O4/c1-14(10-4-6-11(7-5-10)18(21)22)12(19)17(13(20)16-14)9-3-2-8-15/h4-7H,2-3,8-9,15H2,1H3,(H,16,20). The van der Waals surface area contributed by atoms with Gasteiger partial charge in [0.25, 0.3) is 11.6 Å². The number of unbranched alkanes of at least 4 members (excludes halogenated alkanes) is 1. The number of hydrogen-bond donors (Lipinski definition) is 2. The zero-order valence-electron chi connectivity index (χ0n) is 12.2. The van der Waals surface area contributed by atoms with Gasteiger partial charge in [-0.05, 0) is 44.0 Å². The molecule has 1 aliphatic heterocycles. The third-order valence-electron chi connectivity index (χ3n) is 3.77. The Labute approximate surface area is 127 Å². The van der Waals surface area contributed by atoms with Crippen LogP contribution in [0.5, 0.6) is 0 Å². The maximum absolute atomic E-state index is 12.5. The van der Waals surface area contributed by atoms with E-state index in [0.29, 0.717) is 25.1 Å². The molecule has 22 heavy (non-hydrogen) atoms. The van der Waals surface area contributed by atoms with E-state index in [1.165, 1.54) is 24.3 Å². The van der Waals surface area contributed by atoms with E-state index in [4.69, 9.17) is 5.73 Å². The molecule has 118 valence electrons. The van der Waals surface area contributed by atoms with Crippen LogP contribution >= 0.6 is 0 Å².